The van der Waals surface area contributed by atoms with Crippen LogP contribution in [0.4, 0.5) is 0 Å². The average molecular weight is 357 g/mol. The second-order valence-corrected chi connectivity index (χ2v) is 6.54. The van der Waals surface area contributed by atoms with Crippen LogP contribution in [0.1, 0.15) is 51.6 Å². The molecular formula is C17H29BrN2O. The Balaban J connectivity index is 2.93. The highest BCUT2D eigenvalue weighted by Crippen LogP contribution is 2.30. The van der Waals surface area contributed by atoms with E-state index in [0.717, 1.165) is 16.8 Å². The SMILES string of the molecule is CCCCCN(C(C)C)C(CN)c1ccc(OC)c(Br)c1. The predicted octanol–water partition coefficient (Wildman–Crippen LogP) is 4.36. The zero-order chi connectivity index (χ0) is 15.8. The van der Waals surface area contributed by atoms with Gasteiger partial charge < -0.3 is 10.5 Å². The summed E-state index contributed by atoms with van der Waals surface area (Å²) in [5.41, 5.74) is 7.33. The van der Waals surface area contributed by atoms with Crippen LogP contribution in [0.15, 0.2) is 22.7 Å². The van der Waals surface area contributed by atoms with Crippen molar-refractivity contribution in [1.82, 2.24) is 4.90 Å². The van der Waals surface area contributed by atoms with E-state index in [4.69, 9.17) is 10.5 Å². The van der Waals surface area contributed by atoms with E-state index in [-0.39, 0.29) is 6.04 Å². The quantitative estimate of drug-likeness (QED) is 0.668. The first-order valence-corrected chi connectivity index (χ1v) is 8.63. The van der Waals surface area contributed by atoms with Gasteiger partial charge in [-0.25, -0.2) is 0 Å². The summed E-state index contributed by atoms with van der Waals surface area (Å²) in [6.45, 7) is 8.45. The fraction of sp³-hybridized carbons (Fsp3) is 0.647. The lowest BCUT2D eigenvalue weighted by atomic mass is 10.0. The van der Waals surface area contributed by atoms with Gasteiger partial charge in [0.2, 0.25) is 0 Å². The van der Waals surface area contributed by atoms with Crippen LogP contribution in [0, 0.1) is 0 Å². The standard InChI is InChI=1S/C17H29BrN2O/c1-5-6-7-10-20(13(2)3)16(12-19)14-8-9-17(21-4)15(18)11-14/h8-9,11,13,16H,5-7,10,12,19H2,1-4H3. The number of hydrogen-bond donors (Lipinski definition) is 1. The fourth-order valence-electron chi connectivity index (χ4n) is 2.67. The first-order valence-electron chi connectivity index (χ1n) is 7.84. The molecule has 1 aromatic rings. The van der Waals surface area contributed by atoms with Crippen molar-refractivity contribution in [2.75, 3.05) is 20.2 Å². The van der Waals surface area contributed by atoms with E-state index in [1.54, 1.807) is 7.11 Å². The molecule has 0 saturated carbocycles. The van der Waals surface area contributed by atoms with E-state index in [1.165, 1.54) is 24.8 Å². The van der Waals surface area contributed by atoms with Gasteiger partial charge in [0.1, 0.15) is 5.75 Å². The molecule has 2 N–H and O–H groups in total. The van der Waals surface area contributed by atoms with Gasteiger partial charge in [-0.2, -0.15) is 0 Å². The monoisotopic (exact) mass is 356 g/mol. The largest absolute Gasteiger partial charge is 0.496 e. The minimum atomic E-state index is 0.254. The molecule has 1 rings (SSSR count). The topological polar surface area (TPSA) is 38.5 Å². The molecule has 0 aliphatic carbocycles. The number of ether oxygens (including phenoxy) is 1. The number of nitrogens with zero attached hydrogens (tertiary/aromatic N) is 1. The number of unbranched alkanes of at least 4 members (excludes halogenated alkanes) is 2. The molecule has 0 fully saturated rings. The first-order chi connectivity index (χ1) is 10.0. The summed E-state index contributed by atoms with van der Waals surface area (Å²) < 4.78 is 6.29. The highest BCUT2D eigenvalue weighted by atomic mass is 79.9. The number of halogens is 1. The lowest BCUT2D eigenvalue weighted by molar-refractivity contribution is 0.154. The van der Waals surface area contributed by atoms with Crippen molar-refractivity contribution in [2.45, 2.75) is 52.1 Å². The summed E-state index contributed by atoms with van der Waals surface area (Å²) >= 11 is 3.57. The van der Waals surface area contributed by atoms with Gasteiger partial charge in [0, 0.05) is 18.6 Å². The Bertz CT molecular complexity index is 423. The molecule has 0 spiro atoms. The van der Waals surface area contributed by atoms with Crippen LogP contribution in [-0.2, 0) is 0 Å². The van der Waals surface area contributed by atoms with E-state index >= 15 is 0 Å². The molecule has 0 aliphatic heterocycles. The highest BCUT2D eigenvalue weighted by molar-refractivity contribution is 9.10. The van der Waals surface area contributed by atoms with Crippen LogP contribution in [0.5, 0.6) is 5.75 Å². The number of rotatable bonds is 9. The van der Waals surface area contributed by atoms with Crippen LogP contribution in [0.2, 0.25) is 0 Å². The summed E-state index contributed by atoms with van der Waals surface area (Å²) in [7, 11) is 1.69. The van der Waals surface area contributed by atoms with E-state index < -0.39 is 0 Å². The lowest BCUT2D eigenvalue weighted by Gasteiger charge is -2.35. The van der Waals surface area contributed by atoms with E-state index in [9.17, 15) is 0 Å². The van der Waals surface area contributed by atoms with Gasteiger partial charge in [-0.05, 0) is 60.4 Å². The van der Waals surface area contributed by atoms with Gasteiger partial charge in [-0.15, -0.1) is 0 Å². The normalized spacial score (nSPS) is 13.0. The minimum absolute atomic E-state index is 0.254. The van der Waals surface area contributed by atoms with Crippen molar-refractivity contribution in [3.8, 4) is 5.75 Å². The van der Waals surface area contributed by atoms with Crippen LogP contribution >= 0.6 is 15.9 Å². The van der Waals surface area contributed by atoms with Crippen molar-refractivity contribution < 1.29 is 4.74 Å². The van der Waals surface area contributed by atoms with Gasteiger partial charge in [0.15, 0.2) is 0 Å². The summed E-state index contributed by atoms with van der Waals surface area (Å²) in [6.07, 6.45) is 3.74. The van der Waals surface area contributed by atoms with Gasteiger partial charge in [-0.1, -0.05) is 25.8 Å². The predicted molar refractivity (Wildman–Crippen MR) is 93.9 cm³/mol. The number of benzene rings is 1. The smallest absolute Gasteiger partial charge is 0.133 e. The third kappa shape index (κ3) is 5.28. The second-order valence-electron chi connectivity index (χ2n) is 5.68. The van der Waals surface area contributed by atoms with Gasteiger partial charge in [0.25, 0.3) is 0 Å². The van der Waals surface area contributed by atoms with Crippen LogP contribution in [0.25, 0.3) is 0 Å². The van der Waals surface area contributed by atoms with Crippen molar-refractivity contribution in [3.63, 3.8) is 0 Å². The van der Waals surface area contributed by atoms with Gasteiger partial charge in [-0.3, -0.25) is 4.90 Å². The van der Waals surface area contributed by atoms with Crippen LogP contribution in [0.3, 0.4) is 0 Å². The molecule has 1 atom stereocenters. The zero-order valence-corrected chi connectivity index (χ0v) is 15.3. The number of hydrogen-bond acceptors (Lipinski definition) is 3. The molecule has 21 heavy (non-hydrogen) atoms. The minimum Gasteiger partial charge on any atom is -0.496 e. The lowest BCUT2D eigenvalue weighted by Crippen LogP contribution is -2.39. The maximum absolute atomic E-state index is 6.08. The molecular weight excluding hydrogens is 328 g/mol. The Hall–Kier alpha value is -0.580. The Morgan fingerprint density at radius 1 is 1.29 bits per heavy atom. The second kappa shape index (κ2) is 9.44. The fourth-order valence-corrected chi connectivity index (χ4v) is 3.23. The van der Waals surface area contributed by atoms with Crippen molar-refractivity contribution in [3.05, 3.63) is 28.2 Å². The van der Waals surface area contributed by atoms with Gasteiger partial charge >= 0.3 is 0 Å². The summed E-state index contributed by atoms with van der Waals surface area (Å²) in [6, 6.07) is 6.99. The van der Waals surface area contributed by atoms with Crippen LogP contribution < -0.4 is 10.5 Å². The molecule has 4 heteroatoms. The van der Waals surface area contributed by atoms with Crippen molar-refractivity contribution in [1.29, 1.82) is 0 Å². The molecule has 0 amide bonds. The Kier molecular flexibility index (Phi) is 8.30. The van der Waals surface area contributed by atoms with Gasteiger partial charge in [0.05, 0.1) is 11.6 Å². The van der Waals surface area contributed by atoms with Crippen LogP contribution in [-0.4, -0.2) is 31.1 Å². The summed E-state index contributed by atoms with van der Waals surface area (Å²) in [5, 5.41) is 0. The Morgan fingerprint density at radius 2 is 2.00 bits per heavy atom. The van der Waals surface area contributed by atoms with Crippen molar-refractivity contribution >= 4 is 15.9 Å². The summed E-state index contributed by atoms with van der Waals surface area (Å²) in [4.78, 5) is 2.50. The molecule has 120 valence electrons. The number of methoxy groups -OCH3 is 1. The van der Waals surface area contributed by atoms with E-state index in [1.807, 2.05) is 6.07 Å². The zero-order valence-electron chi connectivity index (χ0n) is 13.7. The molecule has 0 radical (unpaired) electrons. The molecule has 1 unspecified atom stereocenters. The molecule has 0 saturated heterocycles. The molecule has 0 aliphatic rings. The summed E-state index contributed by atoms with van der Waals surface area (Å²) in [5.74, 6) is 0.858. The molecule has 0 heterocycles. The Labute approximate surface area is 138 Å². The van der Waals surface area contributed by atoms with Crippen molar-refractivity contribution in [2.24, 2.45) is 5.73 Å². The third-order valence-electron chi connectivity index (χ3n) is 3.87. The molecule has 1 aromatic carbocycles. The van der Waals surface area contributed by atoms with E-state index in [0.29, 0.717) is 12.6 Å². The number of nitrogens with two attached hydrogens (primary N) is 1. The maximum Gasteiger partial charge on any atom is 0.133 e. The average Bonchev–Trinajstić information content (AvgIpc) is 2.46. The maximum atomic E-state index is 6.08. The first kappa shape index (κ1) is 18.5. The van der Waals surface area contributed by atoms with E-state index in [2.05, 4.69) is 53.7 Å². The Morgan fingerprint density at radius 3 is 2.48 bits per heavy atom. The molecule has 0 bridgehead atoms. The highest BCUT2D eigenvalue weighted by Gasteiger charge is 2.22. The molecule has 0 aromatic heterocycles. The third-order valence-corrected chi connectivity index (χ3v) is 4.49. The molecule has 3 nitrogen and oxygen atoms in total.